The number of hydrogen-bond acceptors (Lipinski definition) is 2. The Bertz CT molecular complexity index is 470. The number of anilines is 2. The van der Waals surface area contributed by atoms with Crippen molar-refractivity contribution in [1.82, 2.24) is 0 Å². The molecule has 2 N–H and O–H groups in total. The summed E-state index contributed by atoms with van der Waals surface area (Å²) in [6.07, 6.45) is 0. The summed E-state index contributed by atoms with van der Waals surface area (Å²) in [6, 6.07) is 12.3. The molecule has 0 saturated heterocycles. The lowest BCUT2D eigenvalue weighted by molar-refractivity contribution is 1.14. The van der Waals surface area contributed by atoms with E-state index in [0.717, 1.165) is 5.69 Å². The molecule has 0 aliphatic carbocycles. The van der Waals surface area contributed by atoms with Crippen molar-refractivity contribution >= 4 is 47.0 Å². The number of rotatable bonds is 1. The SMILES string of the molecule is CN(C)c1ccc2cc(N)ccc2c1.Cl.Cl. The van der Waals surface area contributed by atoms with Gasteiger partial charge in [0.15, 0.2) is 0 Å². The summed E-state index contributed by atoms with van der Waals surface area (Å²) in [4.78, 5) is 2.09. The highest BCUT2D eigenvalue weighted by Gasteiger charge is 1.98. The van der Waals surface area contributed by atoms with Gasteiger partial charge in [-0.15, -0.1) is 24.8 Å². The molecule has 2 aromatic carbocycles. The number of halogens is 2. The summed E-state index contributed by atoms with van der Waals surface area (Å²) >= 11 is 0. The monoisotopic (exact) mass is 258 g/mol. The quantitative estimate of drug-likeness (QED) is 0.796. The third kappa shape index (κ3) is 2.94. The zero-order valence-corrected chi connectivity index (χ0v) is 10.9. The van der Waals surface area contributed by atoms with Crippen molar-refractivity contribution in [2.75, 3.05) is 24.7 Å². The lowest BCUT2D eigenvalue weighted by atomic mass is 10.1. The van der Waals surface area contributed by atoms with Gasteiger partial charge in [0, 0.05) is 25.5 Å². The van der Waals surface area contributed by atoms with Crippen LogP contribution < -0.4 is 10.6 Å². The van der Waals surface area contributed by atoms with Crippen molar-refractivity contribution < 1.29 is 0 Å². The summed E-state index contributed by atoms with van der Waals surface area (Å²) in [5, 5.41) is 2.42. The van der Waals surface area contributed by atoms with Crippen LogP contribution in [0, 0.1) is 0 Å². The molecular formula is C12H16Cl2N2. The molecule has 0 aromatic heterocycles. The van der Waals surface area contributed by atoms with Gasteiger partial charge in [-0.1, -0.05) is 12.1 Å². The first kappa shape index (κ1) is 14.9. The molecule has 0 aliphatic rings. The Hall–Kier alpha value is -1.12. The molecule has 0 spiro atoms. The predicted molar refractivity (Wildman–Crippen MR) is 77.2 cm³/mol. The number of benzene rings is 2. The Balaban J connectivity index is 0.00000112. The average molecular weight is 259 g/mol. The van der Waals surface area contributed by atoms with Crippen LogP contribution in [-0.2, 0) is 0 Å². The van der Waals surface area contributed by atoms with E-state index in [0.29, 0.717) is 0 Å². The van der Waals surface area contributed by atoms with Crippen molar-refractivity contribution in [2.45, 2.75) is 0 Å². The second-order valence-corrected chi connectivity index (χ2v) is 3.69. The molecule has 2 nitrogen and oxygen atoms in total. The Morgan fingerprint density at radius 2 is 1.44 bits per heavy atom. The van der Waals surface area contributed by atoms with Gasteiger partial charge in [0.05, 0.1) is 0 Å². The van der Waals surface area contributed by atoms with E-state index >= 15 is 0 Å². The lowest BCUT2D eigenvalue weighted by Crippen LogP contribution is -2.07. The zero-order valence-electron chi connectivity index (χ0n) is 9.31. The molecule has 16 heavy (non-hydrogen) atoms. The number of fused-ring (bicyclic) bond motifs is 1. The third-order valence-electron chi connectivity index (χ3n) is 2.36. The summed E-state index contributed by atoms with van der Waals surface area (Å²) in [7, 11) is 4.08. The summed E-state index contributed by atoms with van der Waals surface area (Å²) in [5.74, 6) is 0. The van der Waals surface area contributed by atoms with Crippen molar-refractivity contribution in [3.8, 4) is 0 Å². The normalized spacial score (nSPS) is 9.12. The molecular weight excluding hydrogens is 243 g/mol. The lowest BCUT2D eigenvalue weighted by Gasteiger charge is -2.13. The molecule has 0 bridgehead atoms. The Labute approximate surface area is 108 Å². The highest BCUT2D eigenvalue weighted by molar-refractivity contribution is 5.88. The first-order valence-electron chi connectivity index (χ1n) is 4.63. The van der Waals surface area contributed by atoms with Crippen molar-refractivity contribution in [3.05, 3.63) is 36.4 Å². The molecule has 2 rings (SSSR count). The van der Waals surface area contributed by atoms with Gasteiger partial charge in [-0.2, -0.15) is 0 Å². The fourth-order valence-corrected chi connectivity index (χ4v) is 1.53. The minimum absolute atomic E-state index is 0. The molecule has 2 aromatic rings. The maximum absolute atomic E-state index is 5.71. The summed E-state index contributed by atoms with van der Waals surface area (Å²) in [5.41, 5.74) is 7.74. The first-order chi connectivity index (χ1) is 6.66. The van der Waals surface area contributed by atoms with Crippen LogP contribution in [0.25, 0.3) is 10.8 Å². The van der Waals surface area contributed by atoms with Crippen molar-refractivity contribution in [2.24, 2.45) is 0 Å². The molecule has 4 heteroatoms. The molecule has 0 unspecified atom stereocenters. The van der Waals surface area contributed by atoms with Crippen LogP contribution in [0.2, 0.25) is 0 Å². The largest absolute Gasteiger partial charge is 0.399 e. The predicted octanol–water partition coefficient (Wildman–Crippen LogP) is 3.33. The Morgan fingerprint density at radius 3 is 2.06 bits per heavy atom. The second kappa shape index (κ2) is 5.83. The minimum Gasteiger partial charge on any atom is -0.399 e. The van der Waals surface area contributed by atoms with E-state index in [4.69, 9.17) is 5.73 Å². The molecule has 0 amide bonds. The van der Waals surface area contributed by atoms with Gasteiger partial charge >= 0.3 is 0 Å². The molecule has 0 fully saturated rings. The average Bonchev–Trinajstić information content (AvgIpc) is 2.16. The number of nitrogen functional groups attached to an aromatic ring is 1. The van der Waals surface area contributed by atoms with Gasteiger partial charge < -0.3 is 10.6 Å². The van der Waals surface area contributed by atoms with Gasteiger partial charge in [0.1, 0.15) is 0 Å². The standard InChI is InChI=1S/C12H14N2.2ClH/c1-14(2)12-6-4-9-7-11(13)5-3-10(9)8-12;;/h3-8H,13H2,1-2H3;2*1H. The Morgan fingerprint density at radius 1 is 0.875 bits per heavy atom. The van der Waals surface area contributed by atoms with Crippen LogP contribution in [0.4, 0.5) is 11.4 Å². The van der Waals surface area contributed by atoms with Crippen molar-refractivity contribution in [1.29, 1.82) is 0 Å². The van der Waals surface area contributed by atoms with Crippen LogP contribution in [0.15, 0.2) is 36.4 Å². The number of nitrogens with zero attached hydrogens (tertiary/aromatic N) is 1. The minimum atomic E-state index is 0. The van der Waals surface area contributed by atoms with Gasteiger partial charge in [-0.3, -0.25) is 0 Å². The first-order valence-corrected chi connectivity index (χ1v) is 4.63. The summed E-state index contributed by atoms with van der Waals surface area (Å²) < 4.78 is 0. The van der Waals surface area contributed by atoms with Gasteiger partial charge in [-0.25, -0.2) is 0 Å². The van der Waals surface area contributed by atoms with Crippen molar-refractivity contribution in [3.63, 3.8) is 0 Å². The van der Waals surface area contributed by atoms with Gasteiger partial charge in [0.2, 0.25) is 0 Å². The third-order valence-corrected chi connectivity index (χ3v) is 2.36. The summed E-state index contributed by atoms with van der Waals surface area (Å²) in [6.45, 7) is 0. The van der Waals surface area contributed by atoms with Crippen LogP contribution in [0.3, 0.4) is 0 Å². The molecule has 0 saturated carbocycles. The zero-order chi connectivity index (χ0) is 10.1. The fourth-order valence-electron chi connectivity index (χ4n) is 1.53. The maximum atomic E-state index is 5.71. The Kier molecular flexibility index (Phi) is 5.42. The topological polar surface area (TPSA) is 29.3 Å². The van der Waals surface area contributed by atoms with E-state index in [-0.39, 0.29) is 24.8 Å². The highest BCUT2D eigenvalue weighted by Crippen LogP contribution is 2.22. The molecule has 0 radical (unpaired) electrons. The van der Waals surface area contributed by atoms with Crippen LogP contribution in [0.1, 0.15) is 0 Å². The molecule has 0 aliphatic heterocycles. The van der Waals surface area contributed by atoms with E-state index < -0.39 is 0 Å². The molecule has 0 atom stereocenters. The van der Waals surface area contributed by atoms with E-state index in [1.54, 1.807) is 0 Å². The number of nitrogens with two attached hydrogens (primary N) is 1. The van der Waals surface area contributed by atoms with Crippen LogP contribution >= 0.6 is 24.8 Å². The highest BCUT2D eigenvalue weighted by atomic mass is 35.5. The number of hydrogen-bond donors (Lipinski definition) is 1. The van der Waals surface area contributed by atoms with E-state index in [1.807, 2.05) is 26.2 Å². The van der Waals surface area contributed by atoms with E-state index in [1.165, 1.54) is 16.5 Å². The molecule has 88 valence electrons. The van der Waals surface area contributed by atoms with Gasteiger partial charge in [-0.05, 0) is 35.0 Å². The van der Waals surface area contributed by atoms with Crippen LogP contribution in [0.5, 0.6) is 0 Å². The molecule has 0 heterocycles. The van der Waals surface area contributed by atoms with Crippen LogP contribution in [-0.4, -0.2) is 14.1 Å². The maximum Gasteiger partial charge on any atom is 0.0367 e. The van der Waals surface area contributed by atoms with E-state index in [2.05, 4.69) is 29.2 Å². The fraction of sp³-hybridized carbons (Fsp3) is 0.167. The van der Waals surface area contributed by atoms with Gasteiger partial charge in [0.25, 0.3) is 0 Å². The smallest absolute Gasteiger partial charge is 0.0367 e. The second-order valence-electron chi connectivity index (χ2n) is 3.69. The van der Waals surface area contributed by atoms with E-state index in [9.17, 15) is 0 Å².